The van der Waals surface area contributed by atoms with E-state index in [1.807, 2.05) is 18.7 Å². The van der Waals surface area contributed by atoms with Crippen molar-refractivity contribution in [1.29, 1.82) is 0 Å². The molecule has 0 bridgehead atoms. The molecule has 1 heterocycles. The second-order valence-electron chi connectivity index (χ2n) is 5.15. The molecule has 1 saturated heterocycles. The van der Waals surface area contributed by atoms with Gasteiger partial charge in [-0.05, 0) is 39.2 Å². The Morgan fingerprint density at radius 1 is 1.32 bits per heavy atom. The monoisotopic (exact) mass is 262 g/mol. The Balaban J connectivity index is 2.27. The lowest BCUT2D eigenvalue weighted by molar-refractivity contribution is -0.384. The van der Waals surface area contributed by atoms with E-state index in [0.29, 0.717) is 5.56 Å². The first kappa shape index (κ1) is 13.5. The molecule has 102 valence electrons. The van der Waals surface area contributed by atoms with Gasteiger partial charge in [-0.1, -0.05) is 6.07 Å². The second kappa shape index (κ2) is 5.38. The number of nitro benzene ring substituents is 1. The summed E-state index contributed by atoms with van der Waals surface area (Å²) in [6, 6.07) is 6.34. The van der Waals surface area contributed by atoms with Crippen LogP contribution in [0.25, 0.3) is 0 Å². The van der Waals surface area contributed by atoms with E-state index in [1.165, 1.54) is 12.1 Å². The Morgan fingerprint density at radius 2 is 1.95 bits per heavy atom. The fraction of sp³-hybridized carbons (Fsp3) is 0.500. The maximum absolute atomic E-state index is 12.5. The molecular weight excluding hydrogens is 244 g/mol. The van der Waals surface area contributed by atoms with Crippen LogP contribution in [0.4, 0.5) is 5.69 Å². The quantitative estimate of drug-likeness (QED) is 0.608. The van der Waals surface area contributed by atoms with Crippen molar-refractivity contribution in [2.45, 2.75) is 45.2 Å². The normalized spacial score (nSPS) is 23.2. The number of rotatable bonds is 2. The number of non-ortho nitro benzene ring substituents is 1. The zero-order valence-corrected chi connectivity index (χ0v) is 11.2. The number of carbonyl (C=O) groups excluding carboxylic acids is 1. The number of nitrogens with zero attached hydrogens (tertiary/aromatic N) is 2. The summed E-state index contributed by atoms with van der Waals surface area (Å²) in [6.45, 7) is 4.07. The lowest BCUT2D eigenvalue weighted by atomic mass is 9.96. The number of carbonyl (C=O) groups is 1. The standard InChI is InChI=1S/C14H18N2O3/c1-10-5-3-6-11(2)15(10)14(17)12-7-4-8-13(9-12)16(18)19/h4,7-11H,3,5-6H2,1-2H3/t10-,11-/m0/s1. The molecule has 0 aromatic heterocycles. The van der Waals surface area contributed by atoms with Crippen LogP contribution in [0.15, 0.2) is 24.3 Å². The predicted octanol–water partition coefficient (Wildman–Crippen LogP) is 3.00. The van der Waals surface area contributed by atoms with Crippen molar-refractivity contribution in [3.8, 4) is 0 Å². The molecule has 2 atom stereocenters. The van der Waals surface area contributed by atoms with Gasteiger partial charge < -0.3 is 4.90 Å². The molecular formula is C14H18N2O3. The Bertz CT molecular complexity index is 491. The highest BCUT2D eigenvalue weighted by Gasteiger charge is 2.30. The van der Waals surface area contributed by atoms with Gasteiger partial charge in [-0.2, -0.15) is 0 Å². The average Bonchev–Trinajstić information content (AvgIpc) is 2.38. The molecule has 2 rings (SSSR count). The summed E-state index contributed by atoms with van der Waals surface area (Å²) in [4.78, 5) is 24.6. The maximum atomic E-state index is 12.5. The van der Waals surface area contributed by atoms with Gasteiger partial charge in [-0.15, -0.1) is 0 Å². The molecule has 1 aliphatic heterocycles. The highest BCUT2D eigenvalue weighted by atomic mass is 16.6. The van der Waals surface area contributed by atoms with Crippen LogP contribution >= 0.6 is 0 Å². The molecule has 0 aliphatic carbocycles. The number of hydrogen-bond donors (Lipinski definition) is 0. The SMILES string of the molecule is C[C@H]1CCC[C@H](C)N1C(=O)c1cccc([N+](=O)[O-])c1. The zero-order valence-electron chi connectivity index (χ0n) is 11.2. The summed E-state index contributed by atoms with van der Waals surface area (Å²) in [5, 5.41) is 10.8. The van der Waals surface area contributed by atoms with E-state index in [1.54, 1.807) is 12.1 Å². The average molecular weight is 262 g/mol. The van der Waals surface area contributed by atoms with Gasteiger partial charge in [-0.3, -0.25) is 14.9 Å². The van der Waals surface area contributed by atoms with E-state index >= 15 is 0 Å². The van der Waals surface area contributed by atoms with Crippen molar-refractivity contribution in [1.82, 2.24) is 4.90 Å². The fourth-order valence-electron chi connectivity index (χ4n) is 2.72. The number of hydrogen-bond acceptors (Lipinski definition) is 3. The Hall–Kier alpha value is -1.91. The van der Waals surface area contributed by atoms with Gasteiger partial charge in [0.2, 0.25) is 0 Å². The molecule has 5 heteroatoms. The van der Waals surface area contributed by atoms with Crippen LogP contribution in [0, 0.1) is 10.1 Å². The molecule has 1 aromatic carbocycles. The summed E-state index contributed by atoms with van der Waals surface area (Å²) in [6.07, 6.45) is 3.11. The van der Waals surface area contributed by atoms with Crippen LogP contribution in [0.2, 0.25) is 0 Å². The summed E-state index contributed by atoms with van der Waals surface area (Å²) < 4.78 is 0. The van der Waals surface area contributed by atoms with Crippen LogP contribution in [0.1, 0.15) is 43.5 Å². The Labute approximate surface area is 112 Å². The van der Waals surface area contributed by atoms with Gasteiger partial charge in [0.05, 0.1) is 4.92 Å². The van der Waals surface area contributed by atoms with Gasteiger partial charge in [0, 0.05) is 29.8 Å². The lowest BCUT2D eigenvalue weighted by Crippen LogP contribution is -2.47. The van der Waals surface area contributed by atoms with Crippen molar-refractivity contribution < 1.29 is 9.72 Å². The first-order valence-electron chi connectivity index (χ1n) is 6.58. The molecule has 0 unspecified atom stereocenters. The minimum Gasteiger partial charge on any atom is -0.333 e. The topological polar surface area (TPSA) is 63.5 Å². The molecule has 1 fully saturated rings. The lowest BCUT2D eigenvalue weighted by Gasteiger charge is -2.39. The van der Waals surface area contributed by atoms with Crippen LogP contribution in [0.5, 0.6) is 0 Å². The molecule has 0 spiro atoms. The molecule has 0 radical (unpaired) electrons. The van der Waals surface area contributed by atoms with Gasteiger partial charge in [0.15, 0.2) is 0 Å². The highest BCUT2D eigenvalue weighted by Crippen LogP contribution is 2.25. The summed E-state index contributed by atoms with van der Waals surface area (Å²) in [5.41, 5.74) is 0.359. The zero-order chi connectivity index (χ0) is 14.0. The molecule has 5 nitrogen and oxygen atoms in total. The summed E-state index contributed by atoms with van der Waals surface area (Å²) in [5.74, 6) is -0.108. The number of amides is 1. The molecule has 1 aromatic rings. The van der Waals surface area contributed by atoms with E-state index < -0.39 is 4.92 Å². The largest absolute Gasteiger partial charge is 0.333 e. The number of likely N-dealkylation sites (tertiary alicyclic amines) is 1. The van der Waals surface area contributed by atoms with Crippen LogP contribution < -0.4 is 0 Å². The smallest absolute Gasteiger partial charge is 0.270 e. The molecule has 1 amide bonds. The summed E-state index contributed by atoms with van der Waals surface area (Å²) >= 11 is 0. The molecule has 1 aliphatic rings. The van der Waals surface area contributed by atoms with E-state index in [4.69, 9.17) is 0 Å². The van der Waals surface area contributed by atoms with Crippen LogP contribution in [-0.2, 0) is 0 Å². The van der Waals surface area contributed by atoms with Crippen molar-refractivity contribution in [2.24, 2.45) is 0 Å². The number of benzene rings is 1. The minimum absolute atomic E-state index is 0.0387. The summed E-state index contributed by atoms with van der Waals surface area (Å²) in [7, 11) is 0. The second-order valence-corrected chi connectivity index (χ2v) is 5.15. The van der Waals surface area contributed by atoms with E-state index in [-0.39, 0.29) is 23.7 Å². The van der Waals surface area contributed by atoms with E-state index in [2.05, 4.69) is 0 Å². The van der Waals surface area contributed by atoms with Crippen molar-refractivity contribution in [3.63, 3.8) is 0 Å². The minimum atomic E-state index is -0.472. The van der Waals surface area contributed by atoms with Crippen molar-refractivity contribution in [2.75, 3.05) is 0 Å². The molecule has 0 saturated carbocycles. The highest BCUT2D eigenvalue weighted by molar-refractivity contribution is 5.95. The fourth-order valence-corrected chi connectivity index (χ4v) is 2.72. The predicted molar refractivity (Wildman–Crippen MR) is 72.0 cm³/mol. The van der Waals surface area contributed by atoms with E-state index in [9.17, 15) is 14.9 Å². The van der Waals surface area contributed by atoms with Crippen molar-refractivity contribution in [3.05, 3.63) is 39.9 Å². The van der Waals surface area contributed by atoms with Gasteiger partial charge in [-0.25, -0.2) is 0 Å². The number of nitro groups is 1. The molecule has 0 N–H and O–H groups in total. The third-order valence-electron chi connectivity index (χ3n) is 3.73. The van der Waals surface area contributed by atoms with Crippen molar-refractivity contribution >= 4 is 11.6 Å². The van der Waals surface area contributed by atoms with Gasteiger partial charge >= 0.3 is 0 Å². The van der Waals surface area contributed by atoms with Gasteiger partial charge in [0.1, 0.15) is 0 Å². The van der Waals surface area contributed by atoms with E-state index in [0.717, 1.165) is 19.3 Å². The first-order chi connectivity index (χ1) is 9.00. The van der Waals surface area contributed by atoms with Crippen LogP contribution in [-0.4, -0.2) is 27.8 Å². The maximum Gasteiger partial charge on any atom is 0.270 e. The Morgan fingerprint density at radius 3 is 2.53 bits per heavy atom. The Kier molecular flexibility index (Phi) is 3.83. The third-order valence-corrected chi connectivity index (χ3v) is 3.73. The first-order valence-corrected chi connectivity index (χ1v) is 6.58. The molecule has 19 heavy (non-hydrogen) atoms. The third kappa shape index (κ3) is 2.75. The van der Waals surface area contributed by atoms with Crippen LogP contribution in [0.3, 0.4) is 0 Å². The number of piperidine rings is 1. The van der Waals surface area contributed by atoms with Gasteiger partial charge in [0.25, 0.3) is 11.6 Å².